The minimum Gasteiger partial charge on any atom is -0.384 e. The molecule has 1 aliphatic rings. The Hall–Kier alpha value is -1.13. The molecule has 2 heterocycles. The van der Waals surface area contributed by atoms with Gasteiger partial charge in [0.1, 0.15) is 5.82 Å². The summed E-state index contributed by atoms with van der Waals surface area (Å²) in [5.41, 5.74) is 1.14. The second kappa shape index (κ2) is 6.71. The van der Waals surface area contributed by atoms with Gasteiger partial charge in [-0.1, -0.05) is 6.07 Å². The van der Waals surface area contributed by atoms with E-state index in [2.05, 4.69) is 27.3 Å². The van der Waals surface area contributed by atoms with E-state index in [4.69, 9.17) is 4.74 Å². The van der Waals surface area contributed by atoms with Crippen LogP contribution in [0.15, 0.2) is 18.2 Å². The molecule has 1 aromatic rings. The van der Waals surface area contributed by atoms with Crippen molar-refractivity contribution in [2.45, 2.75) is 19.4 Å². The summed E-state index contributed by atoms with van der Waals surface area (Å²) in [7, 11) is 3.69. The largest absolute Gasteiger partial charge is 0.384 e. The van der Waals surface area contributed by atoms with E-state index in [0.29, 0.717) is 5.92 Å². The van der Waals surface area contributed by atoms with E-state index < -0.39 is 0 Å². The number of aromatic nitrogens is 1. The van der Waals surface area contributed by atoms with Crippen molar-refractivity contribution in [2.75, 3.05) is 39.2 Å². The van der Waals surface area contributed by atoms with Crippen LogP contribution in [0.1, 0.15) is 18.5 Å². The lowest BCUT2D eigenvalue weighted by atomic mass is 9.99. The Morgan fingerprint density at radius 3 is 3.17 bits per heavy atom. The number of anilines is 1. The molecule has 1 N–H and O–H groups in total. The summed E-state index contributed by atoms with van der Waals surface area (Å²) in [6.45, 7) is 4.11. The maximum Gasteiger partial charge on any atom is 0.126 e. The fourth-order valence-electron chi connectivity index (χ4n) is 2.60. The van der Waals surface area contributed by atoms with E-state index in [1.807, 2.05) is 13.1 Å². The number of piperidine rings is 1. The Labute approximate surface area is 109 Å². The molecule has 0 saturated carbocycles. The van der Waals surface area contributed by atoms with Crippen molar-refractivity contribution in [3.8, 4) is 0 Å². The highest BCUT2D eigenvalue weighted by atomic mass is 16.5. The summed E-state index contributed by atoms with van der Waals surface area (Å²) in [6.07, 6.45) is 2.55. The van der Waals surface area contributed by atoms with Gasteiger partial charge in [-0.25, -0.2) is 4.98 Å². The first kappa shape index (κ1) is 13.3. The second-order valence-corrected chi connectivity index (χ2v) is 4.96. The predicted molar refractivity (Wildman–Crippen MR) is 73.7 cm³/mol. The van der Waals surface area contributed by atoms with Crippen LogP contribution in [-0.4, -0.2) is 43.7 Å². The molecule has 0 aromatic carbocycles. The molecule has 1 fully saturated rings. The van der Waals surface area contributed by atoms with Gasteiger partial charge in [0.05, 0.1) is 12.3 Å². The van der Waals surface area contributed by atoms with Crippen LogP contribution < -0.4 is 5.32 Å². The quantitative estimate of drug-likeness (QED) is 0.866. The number of ether oxygens (including phenoxy) is 1. The number of nitrogens with zero attached hydrogens (tertiary/aromatic N) is 2. The third kappa shape index (κ3) is 3.68. The molecule has 1 saturated heterocycles. The number of methoxy groups -OCH3 is 1. The van der Waals surface area contributed by atoms with Gasteiger partial charge in [-0.05, 0) is 37.4 Å². The van der Waals surface area contributed by atoms with Crippen molar-refractivity contribution < 1.29 is 4.74 Å². The molecule has 1 aromatic heterocycles. The van der Waals surface area contributed by atoms with Crippen LogP contribution in [0.5, 0.6) is 0 Å². The zero-order valence-electron chi connectivity index (χ0n) is 11.4. The highest BCUT2D eigenvalue weighted by molar-refractivity contribution is 5.34. The molecule has 18 heavy (non-hydrogen) atoms. The van der Waals surface area contributed by atoms with Gasteiger partial charge in [0, 0.05) is 27.2 Å². The number of nitrogens with one attached hydrogen (secondary N) is 1. The van der Waals surface area contributed by atoms with Crippen molar-refractivity contribution in [3.63, 3.8) is 0 Å². The van der Waals surface area contributed by atoms with Gasteiger partial charge in [0.2, 0.25) is 0 Å². The molecular formula is C14H23N3O. The lowest BCUT2D eigenvalue weighted by Crippen LogP contribution is -2.36. The maximum atomic E-state index is 5.26. The van der Waals surface area contributed by atoms with Crippen molar-refractivity contribution in [1.29, 1.82) is 0 Å². The fourth-order valence-corrected chi connectivity index (χ4v) is 2.60. The van der Waals surface area contributed by atoms with E-state index in [0.717, 1.165) is 31.2 Å². The fraction of sp³-hybridized carbons (Fsp3) is 0.643. The average Bonchev–Trinajstić information content (AvgIpc) is 2.40. The zero-order valence-corrected chi connectivity index (χ0v) is 11.4. The zero-order chi connectivity index (χ0) is 12.8. The number of rotatable bonds is 5. The Bertz CT molecular complexity index is 368. The van der Waals surface area contributed by atoms with Crippen LogP contribution in [0.2, 0.25) is 0 Å². The normalized spacial score (nSPS) is 20.9. The van der Waals surface area contributed by atoms with Crippen LogP contribution in [0.4, 0.5) is 5.82 Å². The summed E-state index contributed by atoms with van der Waals surface area (Å²) in [5.74, 6) is 1.62. The number of pyridine rings is 1. The molecule has 1 unspecified atom stereocenters. The Balaban J connectivity index is 1.91. The second-order valence-electron chi connectivity index (χ2n) is 4.96. The van der Waals surface area contributed by atoms with Crippen LogP contribution in [-0.2, 0) is 11.3 Å². The van der Waals surface area contributed by atoms with E-state index in [1.54, 1.807) is 7.11 Å². The highest BCUT2D eigenvalue weighted by Gasteiger charge is 2.19. The molecule has 2 rings (SSSR count). The monoisotopic (exact) mass is 249 g/mol. The van der Waals surface area contributed by atoms with E-state index in [9.17, 15) is 0 Å². The number of likely N-dealkylation sites (tertiary alicyclic amines) is 1. The van der Waals surface area contributed by atoms with Gasteiger partial charge in [0.25, 0.3) is 0 Å². The smallest absolute Gasteiger partial charge is 0.126 e. The minimum absolute atomic E-state index is 0.677. The maximum absolute atomic E-state index is 5.26. The Morgan fingerprint density at radius 1 is 1.50 bits per heavy atom. The lowest BCUT2D eigenvalue weighted by molar-refractivity contribution is 0.0868. The van der Waals surface area contributed by atoms with Crippen molar-refractivity contribution in [1.82, 2.24) is 9.88 Å². The first-order valence-corrected chi connectivity index (χ1v) is 6.67. The first-order valence-electron chi connectivity index (χ1n) is 6.67. The summed E-state index contributed by atoms with van der Waals surface area (Å²) >= 11 is 0. The molecule has 100 valence electrons. The average molecular weight is 249 g/mol. The Kier molecular flexibility index (Phi) is 4.96. The van der Waals surface area contributed by atoms with Crippen LogP contribution in [0.25, 0.3) is 0 Å². The highest BCUT2D eigenvalue weighted by Crippen LogP contribution is 2.18. The molecular weight excluding hydrogens is 226 g/mol. The first-order chi connectivity index (χ1) is 8.81. The van der Waals surface area contributed by atoms with Crippen LogP contribution in [0.3, 0.4) is 0 Å². The molecule has 4 nitrogen and oxygen atoms in total. The molecule has 0 spiro atoms. The van der Waals surface area contributed by atoms with Crippen molar-refractivity contribution in [2.24, 2.45) is 5.92 Å². The molecule has 4 heteroatoms. The molecule has 0 bridgehead atoms. The third-order valence-electron chi connectivity index (χ3n) is 3.45. The SMILES string of the molecule is CNc1cccc(CN2CCCC(COC)C2)n1. The summed E-state index contributed by atoms with van der Waals surface area (Å²) < 4.78 is 5.26. The van der Waals surface area contributed by atoms with Crippen LogP contribution >= 0.6 is 0 Å². The Morgan fingerprint density at radius 2 is 2.39 bits per heavy atom. The molecule has 0 amide bonds. The summed E-state index contributed by atoms with van der Waals surface area (Å²) in [6, 6.07) is 6.15. The topological polar surface area (TPSA) is 37.4 Å². The van der Waals surface area contributed by atoms with Crippen molar-refractivity contribution in [3.05, 3.63) is 23.9 Å². The van der Waals surface area contributed by atoms with Gasteiger partial charge in [0.15, 0.2) is 0 Å². The summed E-state index contributed by atoms with van der Waals surface area (Å²) in [5, 5.41) is 3.08. The minimum atomic E-state index is 0.677. The van der Waals surface area contributed by atoms with Gasteiger partial charge in [-0.15, -0.1) is 0 Å². The third-order valence-corrected chi connectivity index (χ3v) is 3.45. The van der Waals surface area contributed by atoms with Gasteiger partial charge in [-0.3, -0.25) is 4.90 Å². The number of hydrogen-bond acceptors (Lipinski definition) is 4. The van der Waals surface area contributed by atoms with E-state index in [-0.39, 0.29) is 0 Å². The molecule has 1 aliphatic heterocycles. The van der Waals surface area contributed by atoms with Crippen LogP contribution in [0, 0.1) is 5.92 Å². The summed E-state index contributed by atoms with van der Waals surface area (Å²) in [4.78, 5) is 7.05. The van der Waals surface area contributed by atoms with Crippen molar-refractivity contribution >= 4 is 5.82 Å². The molecule has 1 atom stereocenters. The predicted octanol–water partition coefficient (Wildman–Crippen LogP) is 1.98. The van der Waals surface area contributed by atoms with Gasteiger partial charge in [-0.2, -0.15) is 0 Å². The van der Waals surface area contributed by atoms with E-state index >= 15 is 0 Å². The molecule has 0 radical (unpaired) electrons. The van der Waals surface area contributed by atoms with Gasteiger partial charge < -0.3 is 10.1 Å². The standard InChI is InChI=1S/C14H23N3O/c1-15-14-7-3-6-13(16-14)10-17-8-4-5-12(9-17)11-18-2/h3,6-7,12H,4-5,8-11H2,1-2H3,(H,15,16). The van der Waals surface area contributed by atoms with E-state index in [1.165, 1.54) is 19.4 Å². The number of hydrogen-bond donors (Lipinski definition) is 1. The van der Waals surface area contributed by atoms with Gasteiger partial charge >= 0.3 is 0 Å². The molecule has 0 aliphatic carbocycles. The lowest BCUT2D eigenvalue weighted by Gasteiger charge is -2.32.